The second kappa shape index (κ2) is 4.66. The van der Waals surface area contributed by atoms with Crippen molar-refractivity contribution >= 4 is 6.29 Å². The van der Waals surface area contributed by atoms with Crippen LogP contribution in [0.15, 0.2) is 42.7 Å². The van der Waals surface area contributed by atoms with Crippen molar-refractivity contribution in [3.63, 3.8) is 0 Å². The van der Waals surface area contributed by atoms with E-state index >= 15 is 0 Å². The highest BCUT2D eigenvalue weighted by Gasteiger charge is 2.02. The molecular formula is C13H10FNO. The summed E-state index contributed by atoms with van der Waals surface area (Å²) >= 11 is 0. The molecule has 0 spiro atoms. The van der Waals surface area contributed by atoms with E-state index < -0.39 is 5.82 Å². The summed E-state index contributed by atoms with van der Waals surface area (Å²) in [6.45, 7) is 0. The first-order valence-corrected chi connectivity index (χ1v) is 4.92. The molecule has 3 heteroatoms. The van der Waals surface area contributed by atoms with Crippen LogP contribution in [-0.4, -0.2) is 11.3 Å². The van der Waals surface area contributed by atoms with E-state index in [1.54, 1.807) is 18.5 Å². The van der Waals surface area contributed by atoms with E-state index in [1.807, 2.05) is 12.1 Å². The normalized spacial score (nSPS) is 10.1. The average Bonchev–Trinajstić information content (AvgIpc) is 2.31. The molecule has 0 aliphatic rings. The number of hydrogen-bond donors (Lipinski definition) is 0. The maximum absolute atomic E-state index is 13.3. The first-order valence-electron chi connectivity index (χ1n) is 4.92. The van der Waals surface area contributed by atoms with Crippen molar-refractivity contribution in [1.29, 1.82) is 0 Å². The summed E-state index contributed by atoms with van der Waals surface area (Å²) in [7, 11) is 0. The predicted octanol–water partition coefficient (Wildman–Crippen LogP) is 2.62. The molecule has 0 atom stereocenters. The lowest BCUT2D eigenvalue weighted by atomic mass is 10.0. The van der Waals surface area contributed by atoms with Crippen LogP contribution in [-0.2, 0) is 6.42 Å². The largest absolute Gasteiger partial charge is 0.298 e. The summed E-state index contributed by atoms with van der Waals surface area (Å²) in [5.41, 5.74) is 2.00. The van der Waals surface area contributed by atoms with Crippen LogP contribution in [0.25, 0.3) is 0 Å². The summed E-state index contributed by atoms with van der Waals surface area (Å²) in [5, 5.41) is 0. The number of aromatic nitrogens is 1. The summed E-state index contributed by atoms with van der Waals surface area (Å²) in [6.07, 6.45) is 4.56. The third-order valence-corrected chi connectivity index (χ3v) is 2.35. The number of carbonyl (C=O) groups excluding carboxylic acids is 1. The molecule has 0 amide bonds. The maximum Gasteiger partial charge on any atom is 0.152 e. The zero-order valence-electron chi connectivity index (χ0n) is 8.56. The van der Waals surface area contributed by atoms with Crippen molar-refractivity contribution in [1.82, 2.24) is 4.98 Å². The molecule has 0 saturated carbocycles. The van der Waals surface area contributed by atoms with E-state index in [0.29, 0.717) is 12.7 Å². The molecule has 0 fully saturated rings. The molecule has 0 aliphatic carbocycles. The maximum atomic E-state index is 13.3. The van der Waals surface area contributed by atoms with Gasteiger partial charge in [-0.05, 0) is 41.8 Å². The molecule has 16 heavy (non-hydrogen) atoms. The van der Waals surface area contributed by atoms with Gasteiger partial charge in [0.25, 0.3) is 0 Å². The number of aldehydes is 1. The average molecular weight is 215 g/mol. The van der Waals surface area contributed by atoms with Crippen molar-refractivity contribution in [2.75, 3.05) is 0 Å². The topological polar surface area (TPSA) is 30.0 Å². The molecule has 0 bridgehead atoms. The van der Waals surface area contributed by atoms with Gasteiger partial charge in [0.1, 0.15) is 5.82 Å². The molecule has 0 N–H and O–H groups in total. The second-order valence-corrected chi connectivity index (χ2v) is 3.51. The molecule has 0 saturated heterocycles. The Hall–Kier alpha value is -2.03. The zero-order chi connectivity index (χ0) is 11.4. The minimum absolute atomic E-state index is 0.0958. The highest BCUT2D eigenvalue weighted by atomic mass is 19.1. The van der Waals surface area contributed by atoms with Crippen LogP contribution in [0.2, 0.25) is 0 Å². The first-order chi connectivity index (χ1) is 7.79. The van der Waals surface area contributed by atoms with Gasteiger partial charge >= 0.3 is 0 Å². The van der Waals surface area contributed by atoms with Gasteiger partial charge in [0.05, 0.1) is 5.56 Å². The van der Waals surface area contributed by atoms with Crippen molar-refractivity contribution < 1.29 is 9.18 Å². The van der Waals surface area contributed by atoms with Crippen LogP contribution in [0.4, 0.5) is 4.39 Å². The van der Waals surface area contributed by atoms with Crippen molar-refractivity contribution in [2.24, 2.45) is 0 Å². The van der Waals surface area contributed by atoms with Crippen molar-refractivity contribution in [3.05, 3.63) is 65.2 Å². The SMILES string of the molecule is O=Cc1ccc(Cc2ccncc2)cc1F. The fourth-order valence-electron chi connectivity index (χ4n) is 1.51. The molecule has 2 rings (SSSR count). The molecule has 1 aromatic heterocycles. The van der Waals surface area contributed by atoms with Gasteiger partial charge in [-0.15, -0.1) is 0 Å². The van der Waals surface area contributed by atoms with E-state index in [0.717, 1.165) is 11.1 Å². The van der Waals surface area contributed by atoms with Gasteiger partial charge in [0.2, 0.25) is 0 Å². The summed E-state index contributed by atoms with van der Waals surface area (Å²) in [5.74, 6) is -0.471. The number of nitrogens with zero attached hydrogens (tertiary/aromatic N) is 1. The predicted molar refractivity (Wildman–Crippen MR) is 58.8 cm³/mol. The Kier molecular flexibility index (Phi) is 3.05. The van der Waals surface area contributed by atoms with Crippen LogP contribution in [0.5, 0.6) is 0 Å². The van der Waals surface area contributed by atoms with Gasteiger partial charge in [-0.3, -0.25) is 9.78 Å². The van der Waals surface area contributed by atoms with Crippen LogP contribution >= 0.6 is 0 Å². The highest BCUT2D eigenvalue weighted by molar-refractivity contribution is 5.75. The monoisotopic (exact) mass is 215 g/mol. The molecule has 0 radical (unpaired) electrons. The lowest BCUT2D eigenvalue weighted by Gasteiger charge is -2.02. The first kappa shape index (κ1) is 10.5. The summed E-state index contributed by atoms with van der Waals surface area (Å²) in [4.78, 5) is 14.4. The van der Waals surface area contributed by atoms with E-state index in [4.69, 9.17) is 0 Å². The second-order valence-electron chi connectivity index (χ2n) is 3.51. The molecule has 80 valence electrons. The van der Waals surface area contributed by atoms with Crippen LogP contribution in [0.3, 0.4) is 0 Å². The Labute approximate surface area is 92.8 Å². The fourth-order valence-corrected chi connectivity index (χ4v) is 1.51. The van der Waals surface area contributed by atoms with Crippen LogP contribution in [0.1, 0.15) is 21.5 Å². The smallest absolute Gasteiger partial charge is 0.152 e. The molecule has 2 nitrogen and oxygen atoms in total. The minimum Gasteiger partial charge on any atom is -0.298 e. The Morgan fingerprint density at radius 1 is 1.12 bits per heavy atom. The molecule has 2 aromatic rings. The van der Waals surface area contributed by atoms with E-state index in [9.17, 15) is 9.18 Å². The number of rotatable bonds is 3. The lowest BCUT2D eigenvalue weighted by Crippen LogP contribution is -1.93. The quantitative estimate of drug-likeness (QED) is 0.737. The molecule has 1 heterocycles. The third kappa shape index (κ3) is 2.31. The number of hydrogen-bond acceptors (Lipinski definition) is 2. The van der Waals surface area contributed by atoms with Crippen LogP contribution in [0, 0.1) is 5.82 Å². The number of pyridine rings is 1. The Morgan fingerprint density at radius 2 is 1.88 bits per heavy atom. The van der Waals surface area contributed by atoms with Gasteiger partial charge < -0.3 is 0 Å². The van der Waals surface area contributed by atoms with Gasteiger partial charge in [-0.2, -0.15) is 0 Å². The van der Waals surface area contributed by atoms with Gasteiger partial charge in [0.15, 0.2) is 6.29 Å². The third-order valence-electron chi connectivity index (χ3n) is 2.35. The molecule has 1 aromatic carbocycles. The van der Waals surface area contributed by atoms with Gasteiger partial charge in [0, 0.05) is 12.4 Å². The number of carbonyl (C=O) groups is 1. The lowest BCUT2D eigenvalue weighted by molar-refractivity contribution is 0.112. The zero-order valence-corrected chi connectivity index (χ0v) is 8.56. The summed E-state index contributed by atoms with van der Waals surface area (Å²) < 4.78 is 13.3. The summed E-state index contributed by atoms with van der Waals surface area (Å²) in [6, 6.07) is 8.41. The molecule has 0 aliphatic heterocycles. The minimum atomic E-state index is -0.471. The Balaban J connectivity index is 2.23. The Morgan fingerprint density at radius 3 is 2.50 bits per heavy atom. The van der Waals surface area contributed by atoms with Crippen LogP contribution < -0.4 is 0 Å². The van der Waals surface area contributed by atoms with E-state index in [-0.39, 0.29) is 5.56 Å². The van der Waals surface area contributed by atoms with Crippen molar-refractivity contribution in [3.8, 4) is 0 Å². The highest BCUT2D eigenvalue weighted by Crippen LogP contribution is 2.12. The van der Waals surface area contributed by atoms with E-state index in [1.165, 1.54) is 12.1 Å². The fraction of sp³-hybridized carbons (Fsp3) is 0.0769. The van der Waals surface area contributed by atoms with Crippen molar-refractivity contribution in [2.45, 2.75) is 6.42 Å². The number of benzene rings is 1. The molecule has 0 unspecified atom stereocenters. The van der Waals surface area contributed by atoms with Gasteiger partial charge in [-0.1, -0.05) is 6.07 Å². The molecular weight excluding hydrogens is 205 g/mol. The standard InChI is InChI=1S/C13H10FNO/c14-13-8-11(1-2-12(13)9-16)7-10-3-5-15-6-4-10/h1-6,8-9H,7H2. The Bertz CT molecular complexity index is 497. The van der Waals surface area contributed by atoms with E-state index in [2.05, 4.69) is 4.98 Å². The number of halogens is 1. The van der Waals surface area contributed by atoms with Gasteiger partial charge in [-0.25, -0.2) is 4.39 Å².